The number of nitrogens with zero attached hydrogens (tertiary/aromatic N) is 3. The summed E-state index contributed by atoms with van der Waals surface area (Å²) < 4.78 is 5.98. The Morgan fingerprint density at radius 1 is 1.32 bits per heavy atom. The Labute approximate surface area is 148 Å². The van der Waals surface area contributed by atoms with Crippen LogP contribution in [-0.2, 0) is 0 Å². The first kappa shape index (κ1) is 16.1. The molecule has 1 saturated heterocycles. The highest BCUT2D eigenvalue weighted by atomic mass is 16.5. The highest BCUT2D eigenvalue weighted by molar-refractivity contribution is 5.94. The van der Waals surface area contributed by atoms with Crippen molar-refractivity contribution < 1.29 is 9.53 Å². The molecule has 1 amide bonds. The van der Waals surface area contributed by atoms with Crippen LogP contribution >= 0.6 is 0 Å². The fraction of sp³-hybridized carbons (Fsp3) is 0.450. The van der Waals surface area contributed by atoms with Crippen LogP contribution in [0.15, 0.2) is 42.7 Å². The molecule has 0 N–H and O–H groups in total. The Balaban J connectivity index is 1.47. The van der Waals surface area contributed by atoms with E-state index in [1.807, 2.05) is 42.2 Å². The maximum atomic E-state index is 12.8. The zero-order valence-corrected chi connectivity index (χ0v) is 14.5. The van der Waals surface area contributed by atoms with Crippen molar-refractivity contribution in [2.24, 2.45) is 11.3 Å². The minimum atomic E-state index is 0.0608. The van der Waals surface area contributed by atoms with Crippen LogP contribution in [0.4, 0.5) is 0 Å². The van der Waals surface area contributed by atoms with Crippen molar-refractivity contribution >= 4 is 5.91 Å². The van der Waals surface area contributed by atoms with Gasteiger partial charge in [-0.3, -0.25) is 9.78 Å². The van der Waals surface area contributed by atoms with E-state index in [2.05, 4.69) is 9.97 Å². The van der Waals surface area contributed by atoms with Crippen LogP contribution in [0.2, 0.25) is 0 Å². The lowest BCUT2D eigenvalue weighted by molar-refractivity contribution is 0.0744. The van der Waals surface area contributed by atoms with Gasteiger partial charge in [0.1, 0.15) is 0 Å². The lowest BCUT2D eigenvalue weighted by atomic mass is 9.81. The molecule has 1 saturated carbocycles. The van der Waals surface area contributed by atoms with Gasteiger partial charge in [-0.05, 0) is 43.9 Å². The molecular formula is C20H23N3O2. The average molecular weight is 337 g/mol. The van der Waals surface area contributed by atoms with Crippen LogP contribution in [0, 0.1) is 18.3 Å². The Morgan fingerprint density at radius 3 is 3.00 bits per heavy atom. The maximum Gasteiger partial charge on any atom is 0.255 e. The van der Waals surface area contributed by atoms with Crippen molar-refractivity contribution in [1.29, 1.82) is 0 Å². The zero-order valence-electron chi connectivity index (χ0n) is 14.5. The third-order valence-corrected chi connectivity index (χ3v) is 5.63. The molecule has 0 bridgehead atoms. The summed E-state index contributed by atoms with van der Waals surface area (Å²) in [5.74, 6) is 1.26. The third kappa shape index (κ3) is 3.11. The molecule has 2 aromatic rings. The quantitative estimate of drug-likeness (QED) is 0.860. The van der Waals surface area contributed by atoms with Crippen LogP contribution in [0.3, 0.4) is 0 Å². The van der Waals surface area contributed by atoms with Gasteiger partial charge in [0.05, 0.1) is 12.2 Å². The molecule has 0 aromatic carbocycles. The molecule has 0 unspecified atom stereocenters. The fourth-order valence-electron chi connectivity index (χ4n) is 4.23. The molecular weight excluding hydrogens is 314 g/mol. The summed E-state index contributed by atoms with van der Waals surface area (Å²) in [6.07, 6.45) is 6.92. The number of amides is 1. The first-order valence-corrected chi connectivity index (χ1v) is 8.92. The Morgan fingerprint density at radius 2 is 2.24 bits per heavy atom. The number of rotatable bonds is 4. The number of carbonyl (C=O) groups excluding carboxylic acids is 1. The minimum absolute atomic E-state index is 0.0608. The van der Waals surface area contributed by atoms with Crippen molar-refractivity contribution in [3.05, 3.63) is 54.0 Å². The molecule has 1 aliphatic carbocycles. The number of pyridine rings is 2. The topological polar surface area (TPSA) is 55.3 Å². The molecule has 1 aliphatic heterocycles. The molecule has 130 valence electrons. The molecule has 2 atom stereocenters. The second-order valence-electron chi connectivity index (χ2n) is 7.28. The molecule has 2 aliphatic rings. The van der Waals surface area contributed by atoms with Gasteiger partial charge in [-0.25, -0.2) is 4.98 Å². The van der Waals surface area contributed by atoms with Crippen molar-refractivity contribution in [2.75, 3.05) is 19.7 Å². The molecule has 2 aromatic heterocycles. The lowest BCUT2D eigenvalue weighted by Crippen LogP contribution is -2.35. The van der Waals surface area contributed by atoms with Gasteiger partial charge in [0.15, 0.2) is 0 Å². The van der Waals surface area contributed by atoms with Crippen LogP contribution in [0.1, 0.15) is 35.3 Å². The fourth-order valence-corrected chi connectivity index (χ4v) is 4.23. The van der Waals surface area contributed by atoms with Crippen LogP contribution in [0.25, 0.3) is 0 Å². The SMILES string of the molecule is Cc1ccc(C(=O)N2C[C@H]3CCC[C@@]3(COc3ccccn3)C2)cn1. The van der Waals surface area contributed by atoms with Crippen LogP contribution in [0.5, 0.6) is 5.88 Å². The highest BCUT2D eigenvalue weighted by Crippen LogP contribution is 2.49. The first-order chi connectivity index (χ1) is 12.2. The average Bonchev–Trinajstić information content (AvgIpc) is 3.18. The van der Waals surface area contributed by atoms with E-state index in [4.69, 9.17) is 4.74 Å². The normalized spacial score (nSPS) is 25.0. The van der Waals surface area contributed by atoms with Crippen LogP contribution < -0.4 is 4.74 Å². The van der Waals surface area contributed by atoms with E-state index in [0.717, 1.165) is 25.2 Å². The number of likely N-dealkylation sites (tertiary alicyclic amines) is 1. The number of hydrogen-bond acceptors (Lipinski definition) is 4. The van der Waals surface area contributed by atoms with Gasteiger partial charge in [0, 0.05) is 42.7 Å². The molecule has 2 fully saturated rings. The number of fused-ring (bicyclic) bond motifs is 1. The number of aromatic nitrogens is 2. The molecule has 5 nitrogen and oxygen atoms in total. The van der Waals surface area contributed by atoms with E-state index < -0.39 is 0 Å². The van der Waals surface area contributed by atoms with Gasteiger partial charge < -0.3 is 9.64 Å². The first-order valence-electron chi connectivity index (χ1n) is 8.92. The van der Waals surface area contributed by atoms with Gasteiger partial charge in [-0.2, -0.15) is 0 Å². The number of hydrogen-bond donors (Lipinski definition) is 0. The van der Waals surface area contributed by atoms with Crippen molar-refractivity contribution in [1.82, 2.24) is 14.9 Å². The number of aryl methyl sites for hydroxylation is 1. The summed E-state index contributed by atoms with van der Waals surface area (Å²) in [6.45, 7) is 4.14. The molecule has 4 rings (SSSR count). The summed E-state index contributed by atoms with van der Waals surface area (Å²) in [5.41, 5.74) is 1.66. The predicted molar refractivity (Wildman–Crippen MR) is 94.4 cm³/mol. The molecule has 0 spiro atoms. The Kier molecular flexibility index (Phi) is 4.15. The maximum absolute atomic E-state index is 12.8. The van der Waals surface area contributed by atoms with Gasteiger partial charge in [0.2, 0.25) is 5.88 Å². The van der Waals surface area contributed by atoms with E-state index in [1.54, 1.807) is 12.4 Å². The van der Waals surface area contributed by atoms with E-state index in [1.165, 1.54) is 12.8 Å². The summed E-state index contributed by atoms with van der Waals surface area (Å²) in [5, 5.41) is 0. The van der Waals surface area contributed by atoms with E-state index in [-0.39, 0.29) is 11.3 Å². The standard InChI is InChI=1S/C20H23N3O2/c1-15-7-8-16(11-22-15)19(24)23-12-17-5-4-9-20(17,13-23)14-25-18-6-2-3-10-21-18/h2-3,6-8,10-11,17H,4-5,9,12-14H2,1H3/t17-,20+/m1/s1. The summed E-state index contributed by atoms with van der Waals surface area (Å²) in [4.78, 5) is 23.3. The molecule has 25 heavy (non-hydrogen) atoms. The number of ether oxygens (including phenoxy) is 1. The van der Waals surface area contributed by atoms with Gasteiger partial charge >= 0.3 is 0 Å². The monoisotopic (exact) mass is 337 g/mol. The molecule has 5 heteroatoms. The number of carbonyl (C=O) groups is 1. The Hall–Kier alpha value is -2.43. The predicted octanol–water partition coefficient (Wildman–Crippen LogP) is 3.11. The minimum Gasteiger partial charge on any atom is -0.477 e. The van der Waals surface area contributed by atoms with Gasteiger partial charge in [-0.1, -0.05) is 12.5 Å². The van der Waals surface area contributed by atoms with E-state index in [0.29, 0.717) is 24.0 Å². The second-order valence-corrected chi connectivity index (χ2v) is 7.28. The smallest absolute Gasteiger partial charge is 0.255 e. The second kappa shape index (κ2) is 6.47. The third-order valence-electron chi connectivity index (χ3n) is 5.63. The van der Waals surface area contributed by atoms with Crippen molar-refractivity contribution in [3.63, 3.8) is 0 Å². The summed E-state index contributed by atoms with van der Waals surface area (Å²) >= 11 is 0. The molecule has 0 radical (unpaired) electrons. The van der Waals surface area contributed by atoms with Crippen molar-refractivity contribution in [3.8, 4) is 5.88 Å². The van der Waals surface area contributed by atoms with Crippen molar-refractivity contribution in [2.45, 2.75) is 26.2 Å². The van der Waals surface area contributed by atoms with Gasteiger partial charge in [0.25, 0.3) is 5.91 Å². The zero-order chi connectivity index (χ0) is 17.3. The van der Waals surface area contributed by atoms with Gasteiger partial charge in [-0.15, -0.1) is 0 Å². The van der Waals surface area contributed by atoms with E-state index >= 15 is 0 Å². The Bertz CT molecular complexity index is 747. The lowest BCUT2D eigenvalue weighted by Gasteiger charge is -2.28. The summed E-state index contributed by atoms with van der Waals surface area (Å²) in [6, 6.07) is 9.46. The van der Waals surface area contributed by atoms with Crippen LogP contribution in [-0.4, -0.2) is 40.5 Å². The molecule has 3 heterocycles. The largest absolute Gasteiger partial charge is 0.477 e. The van der Waals surface area contributed by atoms with E-state index in [9.17, 15) is 4.79 Å². The summed E-state index contributed by atoms with van der Waals surface area (Å²) in [7, 11) is 0. The highest BCUT2D eigenvalue weighted by Gasteiger charge is 2.51.